The van der Waals surface area contributed by atoms with E-state index in [1.165, 1.54) is 11.3 Å². The van der Waals surface area contributed by atoms with E-state index in [9.17, 15) is 9.59 Å². The molecule has 3 heterocycles. The van der Waals surface area contributed by atoms with Gasteiger partial charge in [-0.3, -0.25) is 14.3 Å². The Morgan fingerprint density at radius 3 is 2.77 bits per heavy atom. The van der Waals surface area contributed by atoms with E-state index in [0.717, 1.165) is 11.3 Å². The molecule has 0 saturated heterocycles. The standard InChI is InChI=1S/C19H18N4O2S/c24-18(14-6-7-26-12-14)21-15-8-16-9-17(22-23(16)11-15)19(25)20-10-13-4-2-1-3-5-13/h1-7,9,12,15H,8,10-11H2,(H,20,25)(H,21,24). The first-order chi connectivity index (χ1) is 12.7. The van der Waals surface area contributed by atoms with Crippen molar-refractivity contribution in [3.05, 3.63) is 75.7 Å². The molecule has 2 amide bonds. The van der Waals surface area contributed by atoms with E-state index >= 15 is 0 Å². The number of carbonyl (C=O) groups excluding carboxylic acids is 2. The second-order valence-corrected chi connectivity index (χ2v) is 7.04. The number of hydrogen-bond donors (Lipinski definition) is 2. The fraction of sp³-hybridized carbons (Fsp3) is 0.211. The lowest BCUT2D eigenvalue weighted by atomic mass is 10.2. The number of aromatic nitrogens is 2. The normalized spacial score (nSPS) is 15.5. The molecule has 0 radical (unpaired) electrons. The van der Waals surface area contributed by atoms with Gasteiger partial charge in [-0.05, 0) is 23.1 Å². The molecule has 1 aliphatic rings. The van der Waals surface area contributed by atoms with Gasteiger partial charge in [-0.25, -0.2) is 0 Å². The molecule has 2 aromatic heterocycles. The molecule has 1 unspecified atom stereocenters. The summed E-state index contributed by atoms with van der Waals surface area (Å²) in [6, 6.07) is 13.4. The summed E-state index contributed by atoms with van der Waals surface area (Å²) in [5.74, 6) is -0.252. The Bertz CT molecular complexity index is 895. The predicted octanol–water partition coefficient (Wildman–Crippen LogP) is 2.23. The molecule has 3 aromatic rings. The summed E-state index contributed by atoms with van der Waals surface area (Å²) >= 11 is 1.50. The SMILES string of the molecule is O=C(NC1Cc2cc(C(=O)NCc3ccccc3)nn2C1)c1ccsc1. The molecule has 1 aliphatic heterocycles. The zero-order chi connectivity index (χ0) is 17.9. The molecule has 0 bridgehead atoms. The molecule has 0 aliphatic carbocycles. The van der Waals surface area contributed by atoms with E-state index in [2.05, 4.69) is 15.7 Å². The maximum absolute atomic E-state index is 12.3. The van der Waals surface area contributed by atoms with Crippen molar-refractivity contribution in [1.29, 1.82) is 0 Å². The molecule has 7 heteroatoms. The summed E-state index contributed by atoms with van der Waals surface area (Å²) in [4.78, 5) is 24.4. The summed E-state index contributed by atoms with van der Waals surface area (Å²) in [6.07, 6.45) is 0.675. The minimum absolute atomic E-state index is 0.00586. The van der Waals surface area contributed by atoms with Gasteiger partial charge in [0.25, 0.3) is 11.8 Å². The second kappa shape index (κ2) is 7.13. The van der Waals surface area contributed by atoms with Crippen molar-refractivity contribution in [2.24, 2.45) is 0 Å². The Morgan fingerprint density at radius 2 is 2.04 bits per heavy atom. The topological polar surface area (TPSA) is 76.0 Å². The Balaban J connectivity index is 1.33. The number of fused-ring (bicyclic) bond motifs is 1. The fourth-order valence-electron chi connectivity index (χ4n) is 3.04. The first-order valence-corrected chi connectivity index (χ1v) is 9.35. The number of nitrogens with one attached hydrogen (secondary N) is 2. The molecular formula is C19H18N4O2S. The highest BCUT2D eigenvalue weighted by atomic mass is 32.1. The van der Waals surface area contributed by atoms with Crippen LogP contribution in [-0.4, -0.2) is 27.6 Å². The van der Waals surface area contributed by atoms with E-state index in [1.54, 1.807) is 10.7 Å². The predicted molar refractivity (Wildman–Crippen MR) is 99.1 cm³/mol. The summed E-state index contributed by atoms with van der Waals surface area (Å²) < 4.78 is 1.80. The third-order valence-corrected chi connectivity index (χ3v) is 5.04. The van der Waals surface area contributed by atoms with Crippen LogP contribution in [-0.2, 0) is 19.5 Å². The third kappa shape index (κ3) is 3.52. The molecular weight excluding hydrogens is 348 g/mol. The van der Waals surface area contributed by atoms with Gasteiger partial charge >= 0.3 is 0 Å². The van der Waals surface area contributed by atoms with Crippen molar-refractivity contribution in [2.75, 3.05) is 0 Å². The van der Waals surface area contributed by atoms with E-state index in [0.29, 0.717) is 30.8 Å². The first-order valence-electron chi connectivity index (χ1n) is 8.41. The Morgan fingerprint density at radius 1 is 1.19 bits per heavy atom. The molecule has 1 atom stereocenters. The number of thiophene rings is 1. The Kier molecular flexibility index (Phi) is 4.53. The molecule has 0 spiro atoms. The smallest absolute Gasteiger partial charge is 0.272 e. The number of nitrogens with zero attached hydrogens (tertiary/aromatic N) is 2. The van der Waals surface area contributed by atoms with E-state index in [4.69, 9.17) is 0 Å². The monoisotopic (exact) mass is 366 g/mol. The van der Waals surface area contributed by atoms with Crippen LogP contribution in [0.4, 0.5) is 0 Å². The Labute approximate surface area is 154 Å². The molecule has 132 valence electrons. The molecule has 0 fully saturated rings. The molecule has 4 rings (SSSR count). The first kappa shape index (κ1) is 16.5. The van der Waals surface area contributed by atoms with Gasteiger partial charge in [0.15, 0.2) is 0 Å². The van der Waals surface area contributed by atoms with E-state index in [1.807, 2.05) is 47.2 Å². The van der Waals surface area contributed by atoms with Crippen LogP contribution < -0.4 is 10.6 Å². The van der Waals surface area contributed by atoms with Crippen molar-refractivity contribution in [3.63, 3.8) is 0 Å². The lowest BCUT2D eigenvalue weighted by molar-refractivity contribution is 0.0927. The van der Waals surface area contributed by atoms with Crippen LogP contribution in [0, 0.1) is 0 Å². The van der Waals surface area contributed by atoms with Crippen LogP contribution in [0.2, 0.25) is 0 Å². The lowest BCUT2D eigenvalue weighted by Gasteiger charge is -2.11. The van der Waals surface area contributed by atoms with E-state index < -0.39 is 0 Å². The zero-order valence-electron chi connectivity index (χ0n) is 14.0. The van der Waals surface area contributed by atoms with Gasteiger partial charge in [-0.1, -0.05) is 30.3 Å². The van der Waals surface area contributed by atoms with Gasteiger partial charge in [0, 0.05) is 29.6 Å². The van der Waals surface area contributed by atoms with E-state index in [-0.39, 0.29) is 17.9 Å². The highest BCUT2D eigenvalue weighted by Gasteiger charge is 2.26. The average molecular weight is 366 g/mol. The summed E-state index contributed by atoms with van der Waals surface area (Å²) in [5.41, 5.74) is 3.10. The number of hydrogen-bond acceptors (Lipinski definition) is 4. The van der Waals surface area contributed by atoms with Gasteiger partial charge in [-0.2, -0.15) is 16.4 Å². The van der Waals surface area contributed by atoms with Crippen LogP contribution in [0.25, 0.3) is 0 Å². The van der Waals surface area contributed by atoms with Crippen LogP contribution in [0.3, 0.4) is 0 Å². The second-order valence-electron chi connectivity index (χ2n) is 6.26. The minimum atomic E-state index is -0.186. The quantitative estimate of drug-likeness (QED) is 0.727. The number of benzene rings is 1. The van der Waals surface area contributed by atoms with Crippen molar-refractivity contribution >= 4 is 23.2 Å². The number of carbonyl (C=O) groups is 2. The molecule has 1 aromatic carbocycles. The van der Waals surface area contributed by atoms with Crippen molar-refractivity contribution < 1.29 is 9.59 Å². The van der Waals surface area contributed by atoms with Gasteiger partial charge in [0.05, 0.1) is 12.6 Å². The van der Waals surface area contributed by atoms with Crippen LogP contribution in [0.1, 0.15) is 32.1 Å². The van der Waals surface area contributed by atoms with Gasteiger partial charge in [0.1, 0.15) is 5.69 Å². The number of amides is 2. The van der Waals surface area contributed by atoms with Gasteiger partial charge in [0.2, 0.25) is 0 Å². The maximum atomic E-state index is 12.3. The van der Waals surface area contributed by atoms with Crippen LogP contribution in [0.5, 0.6) is 0 Å². The average Bonchev–Trinajstić information content (AvgIpc) is 3.36. The largest absolute Gasteiger partial charge is 0.347 e. The highest BCUT2D eigenvalue weighted by molar-refractivity contribution is 7.08. The lowest BCUT2D eigenvalue weighted by Crippen LogP contribution is -2.36. The van der Waals surface area contributed by atoms with Gasteiger partial charge < -0.3 is 10.6 Å². The molecule has 26 heavy (non-hydrogen) atoms. The third-order valence-electron chi connectivity index (χ3n) is 4.36. The molecule has 6 nitrogen and oxygen atoms in total. The minimum Gasteiger partial charge on any atom is -0.347 e. The Hall–Kier alpha value is -2.93. The maximum Gasteiger partial charge on any atom is 0.272 e. The molecule has 2 N–H and O–H groups in total. The summed E-state index contributed by atoms with van der Waals surface area (Å²) in [7, 11) is 0. The van der Waals surface area contributed by atoms with Crippen molar-refractivity contribution in [3.8, 4) is 0 Å². The summed E-state index contributed by atoms with van der Waals surface area (Å²) in [6.45, 7) is 1.05. The molecule has 0 saturated carbocycles. The van der Waals surface area contributed by atoms with Crippen molar-refractivity contribution in [1.82, 2.24) is 20.4 Å². The highest BCUT2D eigenvalue weighted by Crippen LogP contribution is 2.17. The van der Waals surface area contributed by atoms with Crippen LogP contribution in [0.15, 0.2) is 53.2 Å². The van der Waals surface area contributed by atoms with Crippen molar-refractivity contribution in [2.45, 2.75) is 25.6 Å². The van der Waals surface area contributed by atoms with Gasteiger partial charge in [-0.15, -0.1) is 0 Å². The summed E-state index contributed by atoms with van der Waals surface area (Å²) in [5, 5.41) is 14.0. The zero-order valence-corrected chi connectivity index (χ0v) is 14.8. The fourth-order valence-corrected chi connectivity index (χ4v) is 3.68. The van der Waals surface area contributed by atoms with Crippen LogP contribution >= 0.6 is 11.3 Å². The number of rotatable bonds is 5.